The van der Waals surface area contributed by atoms with Crippen molar-refractivity contribution in [2.45, 2.75) is 24.3 Å². The third kappa shape index (κ3) is 3.13. The molecule has 1 N–H and O–H groups in total. The molecule has 2 aromatic carbocycles. The van der Waals surface area contributed by atoms with Crippen LogP contribution in [0.15, 0.2) is 47.4 Å². The molecule has 3 rings (SSSR count). The minimum absolute atomic E-state index is 0.0808. The first kappa shape index (κ1) is 15.0. The largest absolute Gasteiger partial charge is 0.493 e. The van der Waals surface area contributed by atoms with Crippen LogP contribution in [0.3, 0.4) is 0 Å². The molecule has 1 aliphatic heterocycles. The second kappa shape index (κ2) is 6.06. The second-order valence-corrected chi connectivity index (χ2v) is 6.90. The van der Waals surface area contributed by atoms with E-state index in [9.17, 15) is 12.8 Å². The third-order valence-electron chi connectivity index (χ3n) is 3.60. The predicted octanol–water partition coefficient (Wildman–Crippen LogP) is 2.63. The van der Waals surface area contributed by atoms with Gasteiger partial charge >= 0.3 is 0 Å². The summed E-state index contributed by atoms with van der Waals surface area (Å²) in [6.07, 6.45) is 1.67. The van der Waals surface area contributed by atoms with E-state index in [1.165, 1.54) is 12.1 Å². The number of rotatable bonds is 4. The molecule has 6 heteroatoms. The molecule has 4 nitrogen and oxygen atoms in total. The maximum absolute atomic E-state index is 13.5. The first-order chi connectivity index (χ1) is 10.6. The number of aryl methyl sites for hydroxylation is 1. The van der Waals surface area contributed by atoms with Crippen LogP contribution in [0, 0.1) is 5.82 Å². The van der Waals surface area contributed by atoms with Crippen LogP contribution in [-0.4, -0.2) is 15.0 Å². The van der Waals surface area contributed by atoms with Crippen molar-refractivity contribution in [1.82, 2.24) is 4.72 Å². The first-order valence-electron chi connectivity index (χ1n) is 7.05. The molecule has 0 amide bonds. The fourth-order valence-electron chi connectivity index (χ4n) is 2.40. The van der Waals surface area contributed by atoms with E-state index < -0.39 is 15.8 Å². The molecule has 0 radical (unpaired) electrons. The van der Waals surface area contributed by atoms with Crippen molar-refractivity contribution in [2.75, 3.05) is 6.61 Å². The number of benzene rings is 2. The highest BCUT2D eigenvalue weighted by Crippen LogP contribution is 2.27. The van der Waals surface area contributed by atoms with E-state index in [1.54, 1.807) is 30.3 Å². The van der Waals surface area contributed by atoms with Gasteiger partial charge in [-0.15, -0.1) is 0 Å². The van der Waals surface area contributed by atoms with Gasteiger partial charge in [-0.1, -0.05) is 18.2 Å². The zero-order chi connectivity index (χ0) is 15.6. The lowest BCUT2D eigenvalue weighted by molar-refractivity contribution is 0.288. The van der Waals surface area contributed by atoms with Crippen LogP contribution in [0.25, 0.3) is 0 Å². The van der Waals surface area contributed by atoms with E-state index in [2.05, 4.69) is 4.72 Å². The molecule has 0 aliphatic carbocycles. The number of halogens is 1. The van der Waals surface area contributed by atoms with Gasteiger partial charge in [-0.05, 0) is 42.7 Å². The quantitative estimate of drug-likeness (QED) is 0.942. The van der Waals surface area contributed by atoms with Crippen molar-refractivity contribution in [3.8, 4) is 5.75 Å². The van der Waals surface area contributed by atoms with E-state index in [0.717, 1.165) is 24.2 Å². The van der Waals surface area contributed by atoms with Gasteiger partial charge in [-0.25, -0.2) is 17.5 Å². The van der Waals surface area contributed by atoms with E-state index in [4.69, 9.17) is 4.74 Å². The molecular formula is C16H16FNO3S. The fourth-order valence-corrected chi connectivity index (χ4v) is 3.46. The van der Waals surface area contributed by atoms with Crippen LogP contribution in [0.5, 0.6) is 5.75 Å². The van der Waals surface area contributed by atoms with Crippen LogP contribution in [0.4, 0.5) is 4.39 Å². The number of ether oxygens (including phenoxy) is 1. The van der Waals surface area contributed by atoms with Crippen LogP contribution in [-0.2, 0) is 23.0 Å². The van der Waals surface area contributed by atoms with Crippen molar-refractivity contribution in [3.05, 3.63) is 59.4 Å². The minimum Gasteiger partial charge on any atom is -0.493 e. The summed E-state index contributed by atoms with van der Waals surface area (Å²) < 4.78 is 46.1. The molecule has 0 fully saturated rings. The Balaban J connectivity index is 1.80. The predicted molar refractivity (Wildman–Crippen MR) is 80.7 cm³/mol. The van der Waals surface area contributed by atoms with Gasteiger partial charge < -0.3 is 4.74 Å². The number of fused-ring (bicyclic) bond motifs is 1. The Morgan fingerprint density at radius 1 is 1.18 bits per heavy atom. The number of hydrogen-bond donors (Lipinski definition) is 1. The van der Waals surface area contributed by atoms with Crippen molar-refractivity contribution in [1.29, 1.82) is 0 Å². The van der Waals surface area contributed by atoms with Crippen LogP contribution in [0.1, 0.15) is 17.5 Å². The Bertz CT molecular complexity index is 790. The fraction of sp³-hybridized carbons (Fsp3) is 0.250. The molecule has 0 aromatic heterocycles. The first-order valence-corrected chi connectivity index (χ1v) is 8.53. The smallest absolute Gasteiger partial charge is 0.240 e. The van der Waals surface area contributed by atoms with E-state index in [-0.39, 0.29) is 11.4 Å². The zero-order valence-electron chi connectivity index (χ0n) is 11.9. The highest BCUT2D eigenvalue weighted by Gasteiger charge is 2.18. The highest BCUT2D eigenvalue weighted by molar-refractivity contribution is 7.89. The lowest BCUT2D eigenvalue weighted by atomic mass is 10.1. The number of sulfonamides is 1. The van der Waals surface area contributed by atoms with Crippen LogP contribution in [0.2, 0.25) is 0 Å². The summed E-state index contributed by atoms with van der Waals surface area (Å²) in [6.45, 7) is 0.577. The molecule has 1 heterocycles. The maximum Gasteiger partial charge on any atom is 0.240 e. The van der Waals surface area contributed by atoms with Crippen molar-refractivity contribution < 1.29 is 17.5 Å². The van der Waals surface area contributed by atoms with Gasteiger partial charge in [0.05, 0.1) is 11.5 Å². The van der Waals surface area contributed by atoms with Gasteiger partial charge in [0.25, 0.3) is 0 Å². The van der Waals surface area contributed by atoms with Gasteiger partial charge in [0, 0.05) is 12.1 Å². The molecular weight excluding hydrogens is 305 g/mol. The Morgan fingerprint density at radius 2 is 2.00 bits per heavy atom. The molecule has 0 saturated carbocycles. The molecule has 0 saturated heterocycles. The third-order valence-corrected chi connectivity index (χ3v) is 5.00. The average molecular weight is 321 g/mol. The lowest BCUT2D eigenvalue weighted by Gasteiger charge is -2.18. The Kier molecular flexibility index (Phi) is 4.13. The zero-order valence-corrected chi connectivity index (χ0v) is 12.7. The Morgan fingerprint density at radius 3 is 2.82 bits per heavy atom. The van der Waals surface area contributed by atoms with Gasteiger partial charge in [-0.3, -0.25) is 0 Å². The molecule has 2 aromatic rings. The van der Waals surface area contributed by atoms with Gasteiger partial charge in [0.15, 0.2) is 0 Å². The van der Waals surface area contributed by atoms with E-state index in [1.807, 2.05) is 0 Å². The summed E-state index contributed by atoms with van der Waals surface area (Å²) in [5, 5.41) is 0. The normalized spacial score (nSPS) is 14.2. The summed E-state index contributed by atoms with van der Waals surface area (Å²) in [5.41, 5.74) is 1.20. The standard InChI is InChI=1S/C16H16FNO3S/c17-15-6-2-1-4-13(15)11-18-22(19,20)14-7-8-16-12(10-14)5-3-9-21-16/h1-2,4,6-8,10,18H,3,5,9,11H2. The van der Waals surface area contributed by atoms with Gasteiger partial charge in [0.1, 0.15) is 11.6 Å². The Labute approximate surface area is 129 Å². The summed E-state index contributed by atoms with van der Waals surface area (Å²) in [4.78, 5) is 0.174. The van der Waals surface area contributed by atoms with E-state index in [0.29, 0.717) is 12.2 Å². The molecule has 0 bridgehead atoms. The van der Waals surface area contributed by atoms with Crippen molar-refractivity contribution in [3.63, 3.8) is 0 Å². The Hall–Kier alpha value is -1.92. The molecule has 1 aliphatic rings. The molecule has 0 atom stereocenters. The molecule has 22 heavy (non-hydrogen) atoms. The highest BCUT2D eigenvalue weighted by atomic mass is 32.2. The lowest BCUT2D eigenvalue weighted by Crippen LogP contribution is -2.24. The minimum atomic E-state index is -3.68. The van der Waals surface area contributed by atoms with Gasteiger partial charge in [0.2, 0.25) is 10.0 Å². The number of hydrogen-bond acceptors (Lipinski definition) is 3. The molecule has 0 spiro atoms. The van der Waals surface area contributed by atoms with Crippen molar-refractivity contribution >= 4 is 10.0 Å². The topological polar surface area (TPSA) is 55.4 Å². The van der Waals surface area contributed by atoms with E-state index >= 15 is 0 Å². The summed E-state index contributed by atoms with van der Waals surface area (Å²) >= 11 is 0. The summed E-state index contributed by atoms with van der Waals surface area (Å²) in [6, 6.07) is 10.9. The summed E-state index contributed by atoms with van der Waals surface area (Å²) in [7, 11) is -3.68. The monoisotopic (exact) mass is 321 g/mol. The SMILES string of the molecule is O=S(=O)(NCc1ccccc1F)c1ccc2c(c1)CCCO2. The van der Waals surface area contributed by atoms with Crippen LogP contribution < -0.4 is 9.46 Å². The molecule has 0 unspecified atom stereocenters. The average Bonchev–Trinajstić information content (AvgIpc) is 2.54. The van der Waals surface area contributed by atoms with Gasteiger partial charge in [-0.2, -0.15) is 0 Å². The molecule has 116 valence electrons. The number of nitrogens with one attached hydrogen (secondary N) is 1. The van der Waals surface area contributed by atoms with Crippen LogP contribution >= 0.6 is 0 Å². The maximum atomic E-state index is 13.5. The summed E-state index contributed by atoms with van der Waals surface area (Å²) in [5.74, 6) is 0.309. The second-order valence-electron chi connectivity index (χ2n) is 5.14. The van der Waals surface area contributed by atoms with Crippen molar-refractivity contribution in [2.24, 2.45) is 0 Å².